The molecule has 0 aromatic carbocycles. The number of ether oxygens (including phenoxy) is 1. The average Bonchev–Trinajstić information content (AvgIpc) is 1.60. The van der Waals surface area contributed by atoms with Crippen molar-refractivity contribution in [2.45, 2.75) is 19.1 Å². The Hall–Kier alpha value is -0.430. The number of hydrogen-bond donors (Lipinski definition) is 1. The Morgan fingerprint density at radius 3 is 1.70 bits per heavy atom. The first-order valence-corrected chi connectivity index (χ1v) is 2.03. The maximum absolute atomic E-state index is 11.5. The summed E-state index contributed by atoms with van der Waals surface area (Å²) in [7, 11) is 0. The average molecular weight is 166 g/mol. The largest absolute Gasteiger partial charge is 0.525 e. The number of hydrogen-bond acceptors (Lipinski definition) is 2. The van der Waals surface area contributed by atoms with E-state index < -0.39 is 19.1 Å². The third-order valence-electron chi connectivity index (χ3n) is 0.462. The minimum Gasteiger partial charge on any atom is -0.360 e. The van der Waals surface area contributed by atoms with Crippen molar-refractivity contribution in [1.82, 2.24) is 0 Å². The highest BCUT2D eigenvalue weighted by molar-refractivity contribution is 4.42. The van der Waals surface area contributed by atoms with Gasteiger partial charge in [0.05, 0.1) is 0 Å². The van der Waals surface area contributed by atoms with Crippen LogP contribution < -0.4 is 0 Å². The van der Waals surface area contributed by atoms with Gasteiger partial charge in [-0.15, -0.1) is 13.2 Å². The van der Waals surface area contributed by atoms with Gasteiger partial charge in [0.2, 0.25) is 0 Å². The highest BCUT2D eigenvalue weighted by Gasteiger charge is 2.36. The fourth-order valence-corrected chi connectivity index (χ4v) is 0.184. The van der Waals surface area contributed by atoms with Gasteiger partial charge in [0, 0.05) is 0 Å². The van der Waals surface area contributed by atoms with Crippen molar-refractivity contribution in [3.05, 3.63) is 0 Å². The normalized spacial score (nSPS) is 18.6. The molecule has 10 heavy (non-hydrogen) atoms. The van der Waals surface area contributed by atoms with E-state index >= 15 is 0 Å². The second-order valence-electron chi connectivity index (χ2n) is 1.29. The molecule has 0 heterocycles. The molecule has 2 unspecified atom stereocenters. The Morgan fingerprint density at radius 2 is 1.60 bits per heavy atom. The van der Waals surface area contributed by atoms with Gasteiger partial charge in [-0.2, -0.15) is 0 Å². The van der Waals surface area contributed by atoms with Gasteiger partial charge in [-0.05, 0) is 0 Å². The fourth-order valence-electron chi connectivity index (χ4n) is 0.184. The van der Waals surface area contributed by atoms with Gasteiger partial charge >= 0.3 is 6.36 Å². The van der Waals surface area contributed by atoms with Gasteiger partial charge in [0.1, 0.15) is 0 Å². The molecule has 0 bridgehead atoms. The standard InChI is InChI=1S/C3H3F5O2/c4-1(9)2(5)10-3(6,7)8/h1-2,9H. The highest BCUT2D eigenvalue weighted by Crippen LogP contribution is 2.20. The molecule has 0 amide bonds. The highest BCUT2D eigenvalue weighted by atomic mass is 19.4. The third kappa shape index (κ3) is 4.45. The zero-order valence-electron chi connectivity index (χ0n) is 4.40. The lowest BCUT2D eigenvalue weighted by atomic mass is 10.7. The van der Waals surface area contributed by atoms with Crippen LogP contribution in [0.25, 0.3) is 0 Å². The van der Waals surface area contributed by atoms with Crippen LogP contribution in [-0.4, -0.2) is 24.2 Å². The molecule has 0 aromatic rings. The molecule has 0 saturated heterocycles. The van der Waals surface area contributed by atoms with Crippen molar-refractivity contribution >= 4 is 0 Å². The van der Waals surface area contributed by atoms with E-state index in [0.717, 1.165) is 0 Å². The van der Waals surface area contributed by atoms with Gasteiger partial charge in [-0.25, -0.2) is 8.78 Å². The predicted molar refractivity (Wildman–Crippen MR) is 19.2 cm³/mol. The number of aliphatic hydroxyl groups excluding tert-OH is 1. The van der Waals surface area contributed by atoms with Crippen molar-refractivity contribution in [1.29, 1.82) is 0 Å². The molecular formula is C3H3F5O2. The summed E-state index contributed by atoms with van der Waals surface area (Å²) in [6, 6.07) is 0. The van der Waals surface area contributed by atoms with E-state index in [1.54, 1.807) is 0 Å². The van der Waals surface area contributed by atoms with Crippen LogP contribution in [-0.2, 0) is 4.74 Å². The first-order valence-electron chi connectivity index (χ1n) is 2.03. The Morgan fingerprint density at radius 1 is 1.20 bits per heavy atom. The molecule has 0 spiro atoms. The molecule has 2 atom stereocenters. The number of aliphatic hydroxyl groups is 1. The zero-order chi connectivity index (χ0) is 8.36. The van der Waals surface area contributed by atoms with Crippen LogP contribution in [0.15, 0.2) is 0 Å². The summed E-state index contributed by atoms with van der Waals surface area (Å²) in [5.41, 5.74) is 0. The quantitative estimate of drug-likeness (QED) is 0.622. The van der Waals surface area contributed by atoms with E-state index in [-0.39, 0.29) is 0 Å². The SMILES string of the molecule is OC(F)C(F)OC(F)(F)F. The number of halogens is 5. The number of rotatable bonds is 2. The molecule has 0 aliphatic carbocycles. The molecule has 0 radical (unpaired) electrons. The van der Waals surface area contributed by atoms with Gasteiger partial charge in [0.25, 0.3) is 12.7 Å². The summed E-state index contributed by atoms with van der Waals surface area (Å²) >= 11 is 0. The zero-order valence-corrected chi connectivity index (χ0v) is 4.40. The van der Waals surface area contributed by atoms with Crippen LogP contribution >= 0.6 is 0 Å². The van der Waals surface area contributed by atoms with Crippen molar-refractivity contribution < 1.29 is 31.8 Å². The van der Waals surface area contributed by atoms with Crippen LogP contribution in [0.2, 0.25) is 0 Å². The van der Waals surface area contributed by atoms with Gasteiger partial charge in [-0.3, -0.25) is 4.74 Å². The fraction of sp³-hybridized carbons (Fsp3) is 1.00. The van der Waals surface area contributed by atoms with E-state index in [9.17, 15) is 22.0 Å². The van der Waals surface area contributed by atoms with E-state index in [0.29, 0.717) is 0 Å². The Bertz CT molecular complexity index is 99.6. The summed E-state index contributed by atoms with van der Waals surface area (Å²) in [6.45, 7) is 0. The molecule has 0 saturated carbocycles. The lowest BCUT2D eigenvalue weighted by Gasteiger charge is -2.11. The lowest BCUT2D eigenvalue weighted by Crippen LogP contribution is -2.27. The van der Waals surface area contributed by atoms with Crippen LogP contribution in [0.3, 0.4) is 0 Å². The summed E-state index contributed by atoms with van der Waals surface area (Å²) < 4.78 is 57.8. The minimum atomic E-state index is -5.27. The van der Waals surface area contributed by atoms with Crippen LogP contribution in [0.4, 0.5) is 22.0 Å². The van der Waals surface area contributed by atoms with Crippen LogP contribution in [0, 0.1) is 0 Å². The van der Waals surface area contributed by atoms with Gasteiger partial charge in [-0.1, -0.05) is 0 Å². The molecule has 0 aliphatic heterocycles. The van der Waals surface area contributed by atoms with E-state index in [4.69, 9.17) is 5.11 Å². The predicted octanol–water partition coefficient (Wildman–Crippen LogP) is 1.11. The first kappa shape index (κ1) is 9.57. The maximum Gasteiger partial charge on any atom is 0.525 e. The van der Waals surface area contributed by atoms with Crippen molar-refractivity contribution in [3.63, 3.8) is 0 Å². The molecule has 0 aliphatic rings. The van der Waals surface area contributed by atoms with Crippen molar-refractivity contribution in [3.8, 4) is 0 Å². The molecule has 0 fully saturated rings. The second-order valence-corrected chi connectivity index (χ2v) is 1.29. The molecule has 62 valence electrons. The summed E-state index contributed by atoms with van der Waals surface area (Å²) in [5, 5.41) is 7.52. The van der Waals surface area contributed by atoms with E-state index in [2.05, 4.69) is 4.74 Å². The monoisotopic (exact) mass is 166 g/mol. The third-order valence-corrected chi connectivity index (χ3v) is 0.462. The molecule has 1 N–H and O–H groups in total. The minimum absolute atomic E-state index is 2.41. The summed E-state index contributed by atoms with van der Waals surface area (Å²) in [4.78, 5) is 0. The molecule has 7 heteroatoms. The lowest BCUT2D eigenvalue weighted by molar-refractivity contribution is -0.378. The van der Waals surface area contributed by atoms with Gasteiger partial charge in [0.15, 0.2) is 0 Å². The van der Waals surface area contributed by atoms with Crippen LogP contribution in [0.5, 0.6) is 0 Å². The van der Waals surface area contributed by atoms with E-state index in [1.165, 1.54) is 0 Å². The molecule has 0 aromatic heterocycles. The molecular weight excluding hydrogens is 163 g/mol. The second kappa shape index (κ2) is 3.11. The molecule has 0 rings (SSSR count). The Balaban J connectivity index is 3.68. The van der Waals surface area contributed by atoms with E-state index in [1.807, 2.05) is 0 Å². The van der Waals surface area contributed by atoms with Crippen molar-refractivity contribution in [2.75, 3.05) is 0 Å². The summed E-state index contributed by atoms with van der Waals surface area (Å²) in [5.74, 6) is 0. The first-order chi connectivity index (χ1) is 4.33. The smallest absolute Gasteiger partial charge is 0.360 e. The molecule has 2 nitrogen and oxygen atoms in total. The number of alkyl halides is 5. The van der Waals surface area contributed by atoms with Crippen molar-refractivity contribution in [2.24, 2.45) is 0 Å². The van der Waals surface area contributed by atoms with Gasteiger partial charge < -0.3 is 5.11 Å². The maximum atomic E-state index is 11.5. The Labute approximate surface area is 52.2 Å². The topological polar surface area (TPSA) is 29.5 Å². The summed E-state index contributed by atoms with van der Waals surface area (Å²) in [6.07, 6.45) is -11.9. The van der Waals surface area contributed by atoms with Crippen LogP contribution in [0.1, 0.15) is 0 Å². The Kier molecular flexibility index (Phi) is 2.97.